The van der Waals surface area contributed by atoms with Crippen LogP contribution in [0.15, 0.2) is 36.4 Å². The minimum atomic E-state index is -0.999. The fourth-order valence-electron chi connectivity index (χ4n) is 1.94. The molecule has 0 aromatic heterocycles. The van der Waals surface area contributed by atoms with Crippen LogP contribution in [0.5, 0.6) is 0 Å². The Balaban J connectivity index is 2.22. The highest BCUT2D eigenvalue weighted by Crippen LogP contribution is 2.25. The second-order valence-corrected chi connectivity index (χ2v) is 4.68. The van der Waals surface area contributed by atoms with Crippen LogP contribution in [0.4, 0.5) is 25.8 Å². The minimum Gasteiger partial charge on any atom is -0.323 e. The first-order valence-electron chi connectivity index (χ1n) is 6.44. The molecule has 0 saturated heterocycles. The zero-order valence-corrected chi connectivity index (χ0v) is 11.9. The Kier molecular flexibility index (Phi) is 4.78. The Hall–Kier alpha value is -3.43. The molecule has 1 N–H and O–H groups in total. The van der Waals surface area contributed by atoms with Crippen LogP contribution >= 0.6 is 0 Å². The lowest BCUT2D eigenvalue weighted by Crippen LogP contribution is -2.16. The number of nitro benzene ring substituents is 2. The van der Waals surface area contributed by atoms with Gasteiger partial charge < -0.3 is 5.32 Å². The summed E-state index contributed by atoms with van der Waals surface area (Å²) in [6.45, 7) is 0. The van der Waals surface area contributed by atoms with Gasteiger partial charge in [-0.15, -0.1) is 0 Å². The SMILES string of the molecule is O=C(Cc1ccc([N+](=O)[O-])cc1[N+](=O)[O-])Nc1ccc(F)cc1F. The van der Waals surface area contributed by atoms with Crippen molar-refractivity contribution in [3.63, 3.8) is 0 Å². The summed E-state index contributed by atoms with van der Waals surface area (Å²) in [6, 6.07) is 5.36. The standard InChI is InChI=1S/C14H9F2N3O5/c15-9-2-4-12(11(16)6-9)17-14(20)5-8-1-3-10(18(21)22)7-13(8)19(23)24/h1-4,6-7H,5H2,(H,17,20). The lowest BCUT2D eigenvalue weighted by atomic mass is 10.1. The summed E-state index contributed by atoms with van der Waals surface area (Å²) in [5, 5.41) is 23.8. The number of hydrogen-bond acceptors (Lipinski definition) is 5. The molecular weight excluding hydrogens is 328 g/mol. The van der Waals surface area contributed by atoms with E-state index in [-0.39, 0.29) is 11.3 Å². The molecule has 1 amide bonds. The van der Waals surface area contributed by atoms with Crippen LogP contribution in [0.2, 0.25) is 0 Å². The van der Waals surface area contributed by atoms with Gasteiger partial charge in [-0.3, -0.25) is 25.0 Å². The van der Waals surface area contributed by atoms with Crippen LogP contribution < -0.4 is 5.32 Å². The third kappa shape index (κ3) is 3.85. The maximum atomic E-state index is 13.5. The number of amides is 1. The number of halogens is 2. The normalized spacial score (nSPS) is 10.2. The number of nitrogens with one attached hydrogen (secondary N) is 1. The van der Waals surface area contributed by atoms with E-state index < -0.39 is 45.2 Å². The van der Waals surface area contributed by atoms with Crippen molar-refractivity contribution in [2.75, 3.05) is 5.32 Å². The average Bonchev–Trinajstić information content (AvgIpc) is 2.50. The first kappa shape index (κ1) is 16.9. The number of nitrogens with zero attached hydrogens (tertiary/aromatic N) is 2. The zero-order valence-electron chi connectivity index (χ0n) is 11.9. The van der Waals surface area contributed by atoms with Gasteiger partial charge in [0.15, 0.2) is 0 Å². The molecule has 0 aliphatic heterocycles. The first-order chi connectivity index (χ1) is 11.3. The molecule has 0 spiro atoms. The number of benzene rings is 2. The fourth-order valence-corrected chi connectivity index (χ4v) is 1.94. The smallest absolute Gasteiger partial charge is 0.279 e. The third-order valence-electron chi connectivity index (χ3n) is 3.03. The van der Waals surface area contributed by atoms with Crippen LogP contribution in [0.25, 0.3) is 0 Å². The molecular formula is C14H9F2N3O5. The number of nitro groups is 2. The van der Waals surface area contributed by atoms with E-state index in [0.29, 0.717) is 6.07 Å². The average molecular weight is 337 g/mol. The van der Waals surface area contributed by atoms with Gasteiger partial charge in [0, 0.05) is 17.7 Å². The molecule has 0 aliphatic carbocycles. The summed E-state index contributed by atoms with van der Waals surface area (Å²) < 4.78 is 26.3. The predicted octanol–water partition coefficient (Wildman–Crippen LogP) is 2.96. The molecule has 0 fully saturated rings. The van der Waals surface area contributed by atoms with Crippen LogP contribution in [0.3, 0.4) is 0 Å². The Labute approximate surface area is 133 Å². The van der Waals surface area contributed by atoms with Gasteiger partial charge in [0.05, 0.1) is 28.0 Å². The number of anilines is 1. The molecule has 0 aliphatic rings. The second kappa shape index (κ2) is 6.77. The van der Waals surface area contributed by atoms with E-state index in [1.807, 2.05) is 0 Å². The molecule has 2 aromatic rings. The van der Waals surface area contributed by atoms with E-state index in [1.54, 1.807) is 0 Å². The molecule has 0 saturated carbocycles. The van der Waals surface area contributed by atoms with Crippen molar-refractivity contribution in [3.05, 3.63) is 73.8 Å². The highest BCUT2D eigenvalue weighted by Gasteiger charge is 2.21. The number of carbonyl (C=O) groups excluding carboxylic acids is 1. The minimum absolute atomic E-state index is 0.0781. The van der Waals surface area contributed by atoms with Crippen LogP contribution in [-0.2, 0) is 11.2 Å². The number of hydrogen-bond donors (Lipinski definition) is 1. The molecule has 24 heavy (non-hydrogen) atoms. The first-order valence-corrected chi connectivity index (χ1v) is 6.44. The monoisotopic (exact) mass is 337 g/mol. The summed E-state index contributed by atoms with van der Waals surface area (Å²) in [7, 11) is 0. The number of non-ortho nitro benzene ring substituents is 1. The summed E-state index contributed by atoms with van der Waals surface area (Å²) in [6.07, 6.45) is -0.509. The van der Waals surface area contributed by atoms with Gasteiger partial charge in [-0.25, -0.2) is 8.78 Å². The molecule has 0 heterocycles. The summed E-state index contributed by atoms with van der Waals surface area (Å²) in [5.74, 6) is -2.62. The molecule has 0 bridgehead atoms. The van der Waals surface area contributed by atoms with Crippen molar-refractivity contribution in [2.45, 2.75) is 6.42 Å². The molecule has 0 atom stereocenters. The van der Waals surface area contributed by atoms with E-state index in [2.05, 4.69) is 5.32 Å². The lowest BCUT2D eigenvalue weighted by Gasteiger charge is -2.07. The Morgan fingerprint density at radius 2 is 1.75 bits per heavy atom. The van der Waals surface area contributed by atoms with E-state index in [0.717, 1.165) is 30.3 Å². The van der Waals surface area contributed by atoms with Gasteiger partial charge in [-0.05, 0) is 18.2 Å². The maximum Gasteiger partial charge on any atom is 0.279 e. The number of rotatable bonds is 5. The summed E-state index contributed by atoms with van der Waals surface area (Å²) in [4.78, 5) is 31.9. The van der Waals surface area contributed by atoms with Crippen molar-refractivity contribution in [3.8, 4) is 0 Å². The molecule has 0 radical (unpaired) electrons. The van der Waals surface area contributed by atoms with E-state index in [9.17, 15) is 33.8 Å². The van der Waals surface area contributed by atoms with Crippen molar-refractivity contribution in [2.24, 2.45) is 0 Å². The summed E-state index contributed by atoms with van der Waals surface area (Å²) in [5.41, 5.74) is -1.45. The van der Waals surface area contributed by atoms with Crippen LogP contribution in [0.1, 0.15) is 5.56 Å². The maximum absolute atomic E-state index is 13.5. The third-order valence-corrected chi connectivity index (χ3v) is 3.03. The lowest BCUT2D eigenvalue weighted by molar-refractivity contribution is -0.394. The number of carbonyl (C=O) groups is 1. The molecule has 2 aromatic carbocycles. The van der Waals surface area contributed by atoms with Crippen LogP contribution in [0, 0.1) is 31.9 Å². The molecule has 0 unspecified atom stereocenters. The van der Waals surface area contributed by atoms with Crippen molar-refractivity contribution < 1.29 is 23.4 Å². The molecule has 10 heteroatoms. The van der Waals surface area contributed by atoms with E-state index >= 15 is 0 Å². The van der Waals surface area contributed by atoms with Crippen LogP contribution in [-0.4, -0.2) is 15.8 Å². The van der Waals surface area contributed by atoms with E-state index in [4.69, 9.17) is 0 Å². The topological polar surface area (TPSA) is 115 Å². The Bertz CT molecular complexity index is 841. The Morgan fingerprint density at radius 3 is 2.33 bits per heavy atom. The van der Waals surface area contributed by atoms with Gasteiger partial charge >= 0.3 is 0 Å². The molecule has 124 valence electrons. The van der Waals surface area contributed by atoms with E-state index in [1.165, 1.54) is 0 Å². The second-order valence-electron chi connectivity index (χ2n) is 4.68. The Morgan fingerprint density at radius 1 is 1.04 bits per heavy atom. The highest BCUT2D eigenvalue weighted by atomic mass is 19.1. The quantitative estimate of drug-likeness (QED) is 0.665. The largest absolute Gasteiger partial charge is 0.323 e. The molecule has 8 nitrogen and oxygen atoms in total. The van der Waals surface area contributed by atoms with Crippen molar-refractivity contribution >= 4 is 23.0 Å². The van der Waals surface area contributed by atoms with Gasteiger partial charge in [0.25, 0.3) is 11.4 Å². The predicted molar refractivity (Wildman–Crippen MR) is 78.4 cm³/mol. The van der Waals surface area contributed by atoms with Gasteiger partial charge in [-0.2, -0.15) is 0 Å². The highest BCUT2D eigenvalue weighted by molar-refractivity contribution is 5.93. The zero-order chi connectivity index (χ0) is 17.9. The fraction of sp³-hybridized carbons (Fsp3) is 0.0714. The van der Waals surface area contributed by atoms with Gasteiger partial charge in [0.2, 0.25) is 5.91 Å². The van der Waals surface area contributed by atoms with Gasteiger partial charge in [-0.1, -0.05) is 0 Å². The van der Waals surface area contributed by atoms with Crippen molar-refractivity contribution in [1.82, 2.24) is 0 Å². The van der Waals surface area contributed by atoms with Crippen molar-refractivity contribution in [1.29, 1.82) is 0 Å². The van der Waals surface area contributed by atoms with Gasteiger partial charge in [0.1, 0.15) is 11.6 Å². The molecule has 2 rings (SSSR count). The summed E-state index contributed by atoms with van der Waals surface area (Å²) >= 11 is 0.